The molecule has 1 amide bonds. The zero-order valence-electron chi connectivity index (χ0n) is 11.0. The number of thiophene rings is 1. The number of anilines is 2. The number of benzene rings is 1. The van der Waals surface area contributed by atoms with Crippen LogP contribution in [0.1, 0.15) is 4.88 Å². The van der Waals surface area contributed by atoms with E-state index < -0.39 is 0 Å². The average molecular weight is 355 g/mol. The van der Waals surface area contributed by atoms with Gasteiger partial charge in [-0.05, 0) is 46.3 Å². The number of ether oxygens (including phenoxy) is 1. The van der Waals surface area contributed by atoms with E-state index in [-0.39, 0.29) is 12.5 Å². The maximum atomic E-state index is 11.4. The summed E-state index contributed by atoms with van der Waals surface area (Å²) in [4.78, 5) is 12.6. The van der Waals surface area contributed by atoms with E-state index in [1.54, 1.807) is 11.3 Å². The van der Waals surface area contributed by atoms with Gasteiger partial charge in [-0.2, -0.15) is 0 Å². The van der Waals surface area contributed by atoms with Gasteiger partial charge in [-0.15, -0.1) is 11.3 Å². The van der Waals surface area contributed by atoms with Crippen molar-refractivity contribution < 1.29 is 9.53 Å². The van der Waals surface area contributed by atoms with E-state index in [4.69, 9.17) is 4.74 Å². The summed E-state index contributed by atoms with van der Waals surface area (Å²) in [7, 11) is 1.50. The number of nitrogens with one attached hydrogen (secondary N) is 2. The highest BCUT2D eigenvalue weighted by Gasteiger charge is 2.01. The van der Waals surface area contributed by atoms with Crippen LogP contribution in [0.2, 0.25) is 0 Å². The molecule has 2 rings (SSSR count). The van der Waals surface area contributed by atoms with Crippen molar-refractivity contribution in [3.8, 4) is 0 Å². The minimum atomic E-state index is -0.156. The van der Waals surface area contributed by atoms with Crippen LogP contribution in [0.25, 0.3) is 0 Å². The van der Waals surface area contributed by atoms with Crippen molar-refractivity contribution in [2.24, 2.45) is 0 Å². The molecule has 1 heterocycles. The summed E-state index contributed by atoms with van der Waals surface area (Å²) < 4.78 is 5.87. The second kappa shape index (κ2) is 7.42. The van der Waals surface area contributed by atoms with Crippen LogP contribution < -0.4 is 10.6 Å². The van der Waals surface area contributed by atoms with Crippen LogP contribution >= 0.6 is 27.3 Å². The summed E-state index contributed by atoms with van der Waals surface area (Å²) in [5.41, 5.74) is 1.77. The largest absolute Gasteiger partial charge is 0.380 e. The molecule has 0 radical (unpaired) electrons. The second-order valence-corrected chi connectivity index (χ2v) is 6.05. The van der Waals surface area contributed by atoms with E-state index in [1.165, 1.54) is 12.0 Å². The lowest BCUT2D eigenvalue weighted by Crippen LogP contribution is -2.16. The molecule has 0 spiro atoms. The molecule has 0 aliphatic heterocycles. The fraction of sp³-hybridized carbons (Fsp3) is 0.214. The molecule has 0 aliphatic carbocycles. The van der Waals surface area contributed by atoms with Crippen LogP contribution in [0, 0.1) is 0 Å². The highest BCUT2D eigenvalue weighted by Crippen LogP contribution is 2.21. The molecule has 0 aliphatic rings. The van der Waals surface area contributed by atoms with E-state index in [0.29, 0.717) is 0 Å². The number of halogens is 1. The molecule has 0 saturated carbocycles. The predicted octanol–water partition coefficient (Wildman–Crippen LogP) is 3.71. The van der Waals surface area contributed by atoms with Crippen LogP contribution in [0.4, 0.5) is 11.4 Å². The number of hydrogen-bond donors (Lipinski definition) is 2. The Morgan fingerprint density at radius 3 is 2.60 bits per heavy atom. The molecule has 2 N–H and O–H groups in total. The van der Waals surface area contributed by atoms with Crippen molar-refractivity contribution in [1.29, 1.82) is 0 Å². The lowest BCUT2D eigenvalue weighted by molar-refractivity contribution is -0.119. The van der Waals surface area contributed by atoms with Crippen LogP contribution in [-0.4, -0.2) is 19.6 Å². The molecule has 1 aromatic carbocycles. The van der Waals surface area contributed by atoms with E-state index in [9.17, 15) is 4.79 Å². The topological polar surface area (TPSA) is 50.4 Å². The van der Waals surface area contributed by atoms with Crippen molar-refractivity contribution in [1.82, 2.24) is 0 Å². The molecule has 0 unspecified atom stereocenters. The van der Waals surface area contributed by atoms with Crippen molar-refractivity contribution in [3.05, 3.63) is 45.1 Å². The molecule has 106 valence electrons. The Bertz CT molecular complexity index is 569. The molecule has 0 bridgehead atoms. The number of methoxy groups -OCH3 is 1. The minimum Gasteiger partial charge on any atom is -0.380 e. The Kier molecular flexibility index (Phi) is 5.58. The predicted molar refractivity (Wildman–Crippen MR) is 86.3 cm³/mol. The Morgan fingerprint density at radius 2 is 2.00 bits per heavy atom. The van der Waals surface area contributed by atoms with Gasteiger partial charge in [-0.25, -0.2) is 0 Å². The summed E-state index contributed by atoms with van der Waals surface area (Å²) in [6.45, 7) is 0.846. The SMILES string of the molecule is COCC(=O)Nc1ccc(NCc2cc(Br)cs2)cc1. The minimum absolute atomic E-state index is 0.0628. The molecule has 0 saturated heterocycles. The molecule has 4 nitrogen and oxygen atoms in total. The first-order chi connectivity index (χ1) is 9.67. The van der Waals surface area contributed by atoms with Gasteiger partial charge in [-0.3, -0.25) is 4.79 Å². The maximum Gasteiger partial charge on any atom is 0.250 e. The normalized spacial score (nSPS) is 10.3. The van der Waals surface area contributed by atoms with Crippen molar-refractivity contribution in [2.45, 2.75) is 6.54 Å². The van der Waals surface area contributed by atoms with Crippen molar-refractivity contribution in [2.75, 3.05) is 24.4 Å². The number of rotatable bonds is 6. The first-order valence-electron chi connectivity index (χ1n) is 6.03. The summed E-state index contributed by atoms with van der Waals surface area (Å²) in [5.74, 6) is -0.156. The Morgan fingerprint density at radius 1 is 1.30 bits per heavy atom. The van der Waals surface area contributed by atoms with Crippen LogP contribution in [0.3, 0.4) is 0 Å². The molecular weight excluding hydrogens is 340 g/mol. The number of carbonyl (C=O) groups excluding carboxylic acids is 1. The quantitative estimate of drug-likeness (QED) is 0.831. The van der Waals surface area contributed by atoms with Crippen molar-refractivity contribution >= 4 is 44.5 Å². The average Bonchev–Trinajstić information content (AvgIpc) is 2.84. The molecular formula is C14H15BrN2O2S. The standard InChI is InChI=1S/C14H15BrN2O2S/c1-19-8-14(18)17-12-4-2-11(3-5-12)16-7-13-6-10(15)9-20-13/h2-6,9,16H,7-8H2,1H3,(H,17,18). The second-order valence-electron chi connectivity index (χ2n) is 4.14. The molecule has 2 aromatic rings. The fourth-order valence-corrected chi connectivity index (χ4v) is 3.03. The lowest BCUT2D eigenvalue weighted by Gasteiger charge is -2.07. The third kappa shape index (κ3) is 4.63. The highest BCUT2D eigenvalue weighted by molar-refractivity contribution is 9.10. The first kappa shape index (κ1) is 15.0. The van der Waals surface area contributed by atoms with E-state index >= 15 is 0 Å². The lowest BCUT2D eigenvalue weighted by atomic mass is 10.2. The third-order valence-electron chi connectivity index (χ3n) is 2.53. The van der Waals surface area contributed by atoms with Gasteiger partial charge in [0.15, 0.2) is 0 Å². The molecule has 6 heteroatoms. The Balaban J connectivity index is 1.86. The zero-order chi connectivity index (χ0) is 14.4. The van der Waals surface area contributed by atoms with Crippen LogP contribution in [0.15, 0.2) is 40.2 Å². The van der Waals surface area contributed by atoms with Crippen LogP contribution in [-0.2, 0) is 16.1 Å². The number of carbonyl (C=O) groups is 1. The Hall–Kier alpha value is -1.37. The summed E-state index contributed by atoms with van der Waals surface area (Å²) >= 11 is 5.14. The monoisotopic (exact) mass is 354 g/mol. The number of amides is 1. The Labute approximate surface area is 130 Å². The van der Waals surface area contributed by atoms with E-state index in [0.717, 1.165) is 22.4 Å². The van der Waals surface area contributed by atoms with Gasteiger partial charge in [0.05, 0.1) is 0 Å². The molecule has 0 fully saturated rings. The molecule has 20 heavy (non-hydrogen) atoms. The maximum absolute atomic E-state index is 11.4. The van der Waals surface area contributed by atoms with Gasteiger partial charge in [-0.1, -0.05) is 0 Å². The van der Waals surface area contributed by atoms with Crippen LogP contribution in [0.5, 0.6) is 0 Å². The summed E-state index contributed by atoms with van der Waals surface area (Å²) in [5, 5.41) is 8.14. The van der Waals surface area contributed by atoms with Gasteiger partial charge in [0, 0.05) is 39.8 Å². The van der Waals surface area contributed by atoms with Gasteiger partial charge in [0.2, 0.25) is 5.91 Å². The van der Waals surface area contributed by atoms with E-state index in [2.05, 4.69) is 38.0 Å². The van der Waals surface area contributed by atoms with E-state index in [1.807, 2.05) is 24.3 Å². The highest BCUT2D eigenvalue weighted by atomic mass is 79.9. The van der Waals surface area contributed by atoms with Gasteiger partial charge < -0.3 is 15.4 Å². The number of hydrogen-bond acceptors (Lipinski definition) is 4. The molecule has 0 atom stereocenters. The summed E-state index contributed by atoms with van der Waals surface area (Å²) in [6.07, 6.45) is 0. The molecule has 1 aromatic heterocycles. The van der Waals surface area contributed by atoms with Crippen molar-refractivity contribution in [3.63, 3.8) is 0 Å². The summed E-state index contributed by atoms with van der Waals surface area (Å²) in [6, 6.07) is 9.69. The van der Waals surface area contributed by atoms with Gasteiger partial charge in [0.1, 0.15) is 6.61 Å². The van der Waals surface area contributed by atoms with Gasteiger partial charge in [0.25, 0.3) is 0 Å². The third-order valence-corrected chi connectivity index (χ3v) is 4.23. The smallest absolute Gasteiger partial charge is 0.250 e. The zero-order valence-corrected chi connectivity index (χ0v) is 13.4. The fourth-order valence-electron chi connectivity index (χ4n) is 1.64. The first-order valence-corrected chi connectivity index (χ1v) is 7.70. The van der Waals surface area contributed by atoms with Gasteiger partial charge >= 0.3 is 0 Å².